The van der Waals surface area contributed by atoms with Gasteiger partial charge in [-0.3, -0.25) is 9.59 Å². The number of thiazole rings is 1. The van der Waals surface area contributed by atoms with Crippen molar-refractivity contribution in [3.8, 4) is 11.3 Å². The lowest BCUT2D eigenvalue weighted by atomic mass is 10.0. The lowest BCUT2D eigenvalue weighted by molar-refractivity contribution is -0.113. The number of nitrogens with one attached hydrogen (secondary N) is 2. The molecule has 2 aromatic carbocycles. The number of hydrogen-bond acceptors (Lipinski definition) is 7. The molecule has 0 bridgehead atoms. The molecule has 4 rings (SSSR count). The maximum absolute atomic E-state index is 12.7. The standard InChI is InChI=1S/C25H26N6O2S2/c1-16(2)21(28-23(33)18-12-8-5-9-13-18)22-29-30-25(31(22)3)35-15-20(32)27-24-26-19(14-34-24)17-10-6-4-7-11-17/h4-14,16,21H,15H2,1-3H3,(H,28,33)(H,26,27,32)/t21-/m0/s1. The number of amides is 2. The first kappa shape index (κ1) is 24.6. The number of hydrogen-bond donors (Lipinski definition) is 2. The summed E-state index contributed by atoms with van der Waals surface area (Å²) < 4.78 is 1.82. The highest BCUT2D eigenvalue weighted by Gasteiger charge is 2.25. The van der Waals surface area contributed by atoms with E-state index in [1.165, 1.54) is 23.1 Å². The summed E-state index contributed by atoms with van der Waals surface area (Å²) in [5.74, 6) is 0.551. The first-order chi connectivity index (χ1) is 16.9. The van der Waals surface area contributed by atoms with Gasteiger partial charge in [0.05, 0.1) is 17.5 Å². The summed E-state index contributed by atoms with van der Waals surface area (Å²) in [5, 5.41) is 17.5. The summed E-state index contributed by atoms with van der Waals surface area (Å²) in [4.78, 5) is 29.7. The van der Waals surface area contributed by atoms with Crippen molar-refractivity contribution in [2.45, 2.75) is 25.0 Å². The van der Waals surface area contributed by atoms with Crippen LogP contribution in [0.4, 0.5) is 5.13 Å². The smallest absolute Gasteiger partial charge is 0.251 e. The Morgan fingerprint density at radius 1 is 1.03 bits per heavy atom. The normalized spacial score (nSPS) is 11.9. The minimum atomic E-state index is -0.324. The lowest BCUT2D eigenvalue weighted by Crippen LogP contribution is -2.33. The zero-order chi connectivity index (χ0) is 24.8. The van der Waals surface area contributed by atoms with E-state index in [-0.39, 0.29) is 29.5 Å². The Morgan fingerprint density at radius 2 is 1.71 bits per heavy atom. The van der Waals surface area contributed by atoms with Crippen LogP contribution in [0.5, 0.6) is 0 Å². The molecule has 0 unspecified atom stereocenters. The topological polar surface area (TPSA) is 102 Å². The Morgan fingerprint density at radius 3 is 2.40 bits per heavy atom. The third-order valence-electron chi connectivity index (χ3n) is 5.29. The van der Waals surface area contributed by atoms with Gasteiger partial charge in [-0.05, 0) is 18.1 Å². The maximum Gasteiger partial charge on any atom is 0.251 e. The first-order valence-corrected chi connectivity index (χ1v) is 13.0. The predicted octanol–water partition coefficient (Wildman–Crippen LogP) is 4.80. The number of aromatic nitrogens is 4. The summed E-state index contributed by atoms with van der Waals surface area (Å²) >= 11 is 2.67. The van der Waals surface area contributed by atoms with Gasteiger partial charge >= 0.3 is 0 Å². The van der Waals surface area contributed by atoms with Gasteiger partial charge in [-0.15, -0.1) is 21.5 Å². The van der Waals surface area contributed by atoms with Crippen molar-refractivity contribution in [1.29, 1.82) is 0 Å². The number of rotatable bonds is 9. The number of benzene rings is 2. The van der Waals surface area contributed by atoms with Crippen molar-refractivity contribution in [3.05, 3.63) is 77.4 Å². The zero-order valence-electron chi connectivity index (χ0n) is 19.6. The second-order valence-electron chi connectivity index (χ2n) is 8.20. The molecule has 2 amide bonds. The summed E-state index contributed by atoms with van der Waals surface area (Å²) in [6, 6.07) is 18.6. The Bertz CT molecular complexity index is 1290. The summed E-state index contributed by atoms with van der Waals surface area (Å²) in [5.41, 5.74) is 2.42. The molecule has 1 atom stereocenters. The van der Waals surface area contributed by atoms with Crippen LogP contribution in [0.25, 0.3) is 11.3 Å². The second-order valence-corrected chi connectivity index (χ2v) is 10.0. The van der Waals surface area contributed by atoms with Crippen LogP contribution in [0.1, 0.15) is 36.1 Å². The van der Waals surface area contributed by atoms with E-state index in [0.717, 1.165) is 11.3 Å². The fourth-order valence-corrected chi connectivity index (χ4v) is 4.88. The van der Waals surface area contributed by atoms with Gasteiger partial charge < -0.3 is 15.2 Å². The van der Waals surface area contributed by atoms with Gasteiger partial charge in [-0.1, -0.05) is 74.1 Å². The molecule has 0 aliphatic carbocycles. The lowest BCUT2D eigenvalue weighted by Gasteiger charge is -2.21. The van der Waals surface area contributed by atoms with Gasteiger partial charge in [0, 0.05) is 23.6 Å². The molecule has 0 spiro atoms. The molecular weight excluding hydrogens is 480 g/mol. The quantitative estimate of drug-likeness (QED) is 0.316. The Hall–Kier alpha value is -3.50. The molecule has 2 heterocycles. The Kier molecular flexibility index (Phi) is 7.94. The maximum atomic E-state index is 12.7. The molecule has 4 aromatic rings. The van der Waals surface area contributed by atoms with Crippen LogP contribution in [0.3, 0.4) is 0 Å². The van der Waals surface area contributed by atoms with E-state index >= 15 is 0 Å². The van der Waals surface area contributed by atoms with Crippen molar-refractivity contribution in [3.63, 3.8) is 0 Å². The molecule has 0 aliphatic heterocycles. The average Bonchev–Trinajstić information content (AvgIpc) is 3.48. The van der Waals surface area contributed by atoms with Crippen molar-refractivity contribution in [1.82, 2.24) is 25.1 Å². The van der Waals surface area contributed by atoms with Crippen LogP contribution in [0.2, 0.25) is 0 Å². The van der Waals surface area contributed by atoms with Crippen LogP contribution in [0.15, 0.2) is 71.2 Å². The van der Waals surface area contributed by atoms with E-state index in [2.05, 4.69) is 25.8 Å². The largest absolute Gasteiger partial charge is 0.342 e. The van der Waals surface area contributed by atoms with Gasteiger partial charge in [0.25, 0.3) is 5.91 Å². The molecule has 0 aliphatic rings. The van der Waals surface area contributed by atoms with Crippen LogP contribution < -0.4 is 10.6 Å². The van der Waals surface area contributed by atoms with E-state index in [4.69, 9.17) is 0 Å². The molecule has 0 saturated heterocycles. The highest BCUT2D eigenvalue weighted by atomic mass is 32.2. The van der Waals surface area contributed by atoms with Crippen molar-refractivity contribution in [2.75, 3.05) is 11.1 Å². The molecule has 35 heavy (non-hydrogen) atoms. The highest BCUT2D eigenvalue weighted by molar-refractivity contribution is 7.99. The molecule has 0 radical (unpaired) electrons. The number of thioether (sulfide) groups is 1. The van der Waals surface area contributed by atoms with Crippen molar-refractivity contribution >= 4 is 40.0 Å². The zero-order valence-corrected chi connectivity index (χ0v) is 21.3. The number of carbonyl (C=O) groups excluding carboxylic acids is 2. The predicted molar refractivity (Wildman–Crippen MR) is 139 cm³/mol. The SMILES string of the molecule is CC(C)[C@H](NC(=O)c1ccccc1)c1nnc(SCC(=O)Nc2nc(-c3ccccc3)cs2)n1C. The van der Waals surface area contributed by atoms with E-state index < -0.39 is 0 Å². The van der Waals surface area contributed by atoms with Gasteiger partial charge in [0.1, 0.15) is 0 Å². The minimum absolute atomic E-state index is 0.0930. The number of nitrogens with zero attached hydrogens (tertiary/aromatic N) is 4. The third kappa shape index (κ3) is 6.14. The average molecular weight is 507 g/mol. The van der Waals surface area contributed by atoms with Crippen LogP contribution in [-0.2, 0) is 11.8 Å². The molecule has 2 aromatic heterocycles. The minimum Gasteiger partial charge on any atom is -0.342 e. The fraction of sp³-hybridized carbons (Fsp3) is 0.240. The van der Waals surface area contributed by atoms with Crippen LogP contribution >= 0.6 is 23.1 Å². The van der Waals surface area contributed by atoms with Gasteiger partial charge in [0.2, 0.25) is 5.91 Å². The van der Waals surface area contributed by atoms with Crippen LogP contribution in [0, 0.1) is 5.92 Å². The first-order valence-electron chi connectivity index (χ1n) is 11.1. The van der Waals surface area contributed by atoms with Gasteiger partial charge in [-0.25, -0.2) is 4.98 Å². The van der Waals surface area contributed by atoms with Crippen molar-refractivity contribution < 1.29 is 9.59 Å². The summed E-state index contributed by atoms with van der Waals surface area (Å²) in [7, 11) is 1.84. The molecule has 180 valence electrons. The Balaban J connectivity index is 1.37. The van der Waals surface area contributed by atoms with E-state index in [0.29, 0.717) is 21.7 Å². The molecule has 10 heteroatoms. The third-order valence-corrected chi connectivity index (χ3v) is 7.07. The molecular formula is C25H26N6O2S2. The molecule has 0 fully saturated rings. The van der Waals surface area contributed by atoms with Gasteiger partial charge in [0.15, 0.2) is 16.1 Å². The van der Waals surface area contributed by atoms with E-state index in [1.807, 2.05) is 79.4 Å². The van der Waals surface area contributed by atoms with E-state index in [9.17, 15) is 9.59 Å². The van der Waals surface area contributed by atoms with Crippen molar-refractivity contribution in [2.24, 2.45) is 13.0 Å². The molecule has 0 saturated carbocycles. The van der Waals surface area contributed by atoms with Crippen LogP contribution in [-0.4, -0.2) is 37.3 Å². The monoisotopic (exact) mass is 506 g/mol. The summed E-state index contributed by atoms with van der Waals surface area (Å²) in [6.45, 7) is 4.03. The second kappa shape index (κ2) is 11.3. The van der Waals surface area contributed by atoms with E-state index in [1.54, 1.807) is 12.1 Å². The number of anilines is 1. The highest BCUT2D eigenvalue weighted by Crippen LogP contribution is 2.26. The molecule has 8 nitrogen and oxygen atoms in total. The number of carbonyl (C=O) groups is 2. The fourth-order valence-electron chi connectivity index (χ4n) is 3.42. The molecule has 2 N–H and O–H groups in total. The summed E-state index contributed by atoms with van der Waals surface area (Å²) in [6.07, 6.45) is 0. The van der Waals surface area contributed by atoms with Gasteiger partial charge in [-0.2, -0.15) is 0 Å². The Labute approximate surface area is 212 Å².